The first-order chi connectivity index (χ1) is 7.47. The minimum Gasteiger partial charge on any atom is -0.505 e. The second kappa shape index (κ2) is 4.85. The Kier molecular flexibility index (Phi) is 3.73. The number of carboxylic acid groups (broad SMARTS) is 1. The monoisotopic (exact) mass is 227 g/mol. The number of nitrogens with one attached hydrogen (secondary N) is 1. The van der Waals surface area contributed by atoms with Gasteiger partial charge in [-0.1, -0.05) is 12.1 Å². The van der Waals surface area contributed by atoms with Crippen LogP contribution in [0.2, 0.25) is 0 Å². The van der Waals surface area contributed by atoms with E-state index in [0.29, 0.717) is 5.46 Å². The molecule has 1 atom stereocenters. The molecule has 0 saturated heterocycles. The molecule has 0 saturated carbocycles. The summed E-state index contributed by atoms with van der Waals surface area (Å²) in [5.41, 5.74) is 1.75. The first-order valence-corrected chi connectivity index (χ1v) is 4.56. The Morgan fingerprint density at radius 1 is 1.44 bits per heavy atom. The summed E-state index contributed by atoms with van der Waals surface area (Å²) in [6.45, 7) is 0. The van der Waals surface area contributed by atoms with Crippen LogP contribution in [-0.2, 0) is 11.2 Å². The minimum atomic E-state index is -1.45. The molecule has 0 heterocycles. The maximum atomic E-state index is 12.1. The minimum absolute atomic E-state index is 0.167. The molecular weight excluding hydrogens is 216 g/mol. The molecule has 7 heteroatoms. The lowest BCUT2D eigenvalue weighted by Gasteiger charge is -2.12. The maximum Gasteiger partial charge on any atom is 0.323 e. The molecular formula is C9H11BFNO4. The summed E-state index contributed by atoms with van der Waals surface area (Å²) in [6.07, 6.45) is -0.258. The van der Waals surface area contributed by atoms with Crippen LogP contribution in [0.25, 0.3) is 0 Å². The van der Waals surface area contributed by atoms with Crippen molar-refractivity contribution in [3.05, 3.63) is 17.7 Å². The van der Waals surface area contributed by atoms with Gasteiger partial charge in [-0.2, -0.15) is 0 Å². The number of carboxylic acids is 1. The van der Waals surface area contributed by atoms with Crippen molar-refractivity contribution in [2.75, 3.05) is 0 Å². The summed E-state index contributed by atoms with van der Waals surface area (Å²) >= 11 is 0. The number of phenols is 2. The van der Waals surface area contributed by atoms with E-state index < -0.39 is 17.8 Å². The lowest BCUT2D eigenvalue weighted by Crippen LogP contribution is -2.33. The average molecular weight is 227 g/mol. The highest BCUT2D eigenvalue weighted by Gasteiger charge is 2.20. The summed E-state index contributed by atoms with van der Waals surface area (Å²) in [5.74, 6) is -2.11. The zero-order chi connectivity index (χ0) is 12.3. The van der Waals surface area contributed by atoms with Crippen LogP contribution in [0, 0.1) is 0 Å². The summed E-state index contributed by atoms with van der Waals surface area (Å²) in [4.78, 5) is 10.6. The highest BCUT2D eigenvalue weighted by atomic mass is 19.2. The molecule has 1 rings (SSSR count). The SMILES string of the molecule is Bc1ccc(CC(NF)C(=O)O)c(O)c1O. The largest absolute Gasteiger partial charge is 0.505 e. The van der Waals surface area contributed by atoms with Crippen molar-refractivity contribution < 1.29 is 24.6 Å². The number of hydrogen-bond donors (Lipinski definition) is 4. The third-order valence-corrected chi connectivity index (χ3v) is 2.29. The molecule has 0 aromatic heterocycles. The van der Waals surface area contributed by atoms with Gasteiger partial charge in [-0.05, 0) is 11.0 Å². The van der Waals surface area contributed by atoms with E-state index in [1.807, 2.05) is 0 Å². The van der Waals surface area contributed by atoms with E-state index >= 15 is 0 Å². The van der Waals surface area contributed by atoms with Gasteiger partial charge in [0, 0.05) is 6.42 Å². The summed E-state index contributed by atoms with van der Waals surface area (Å²) in [5, 5.41) is 27.5. The van der Waals surface area contributed by atoms with Gasteiger partial charge in [-0.25, -0.2) is 0 Å². The summed E-state index contributed by atoms with van der Waals surface area (Å²) < 4.78 is 12.1. The number of benzene rings is 1. The van der Waals surface area contributed by atoms with Gasteiger partial charge in [-0.15, -0.1) is 10.0 Å². The molecule has 1 aromatic rings. The van der Waals surface area contributed by atoms with Crippen LogP contribution in [0.15, 0.2) is 12.1 Å². The zero-order valence-corrected chi connectivity index (χ0v) is 8.57. The van der Waals surface area contributed by atoms with E-state index in [1.54, 1.807) is 7.85 Å². The number of phenolic OH excluding ortho intramolecular Hbond substituents is 2. The third kappa shape index (κ3) is 2.43. The topological polar surface area (TPSA) is 89.8 Å². The van der Waals surface area contributed by atoms with Crippen molar-refractivity contribution in [2.24, 2.45) is 0 Å². The van der Waals surface area contributed by atoms with Crippen LogP contribution in [0.3, 0.4) is 0 Å². The number of hydrogen-bond acceptors (Lipinski definition) is 4. The van der Waals surface area contributed by atoms with E-state index in [2.05, 4.69) is 0 Å². The number of carbonyl (C=O) groups is 1. The molecule has 0 spiro atoms. The Morgan fingerprint density at radius 2 is 2.06 bits per heavy atom. The predicted molar refractivity (Wildman–Crippen MR) is 57.3 cm³/mol. The predicted octanol–water partition coefficient (Wildman–Crippen LogP) is -1.17. The molecule has 4 N–H and O–H groups in total. The smallest absolute Gasteiger partial charge is 0.323 e. The quantitative estimate of drug-likeness (QED) is 0.295. The summed E-state index contributed by atoms with van der Waals surface area (Å²) in [6, 6.07) is 1.51. The molecule has 0 bridgehead atoms. The Labute approximate surface area is 91.9 Å². The van der Waals surface area contributed by atoms with Gasteiger partial charge < -0.3 is 15.3 Å². The number of rotatable bonds is 4. The second-order valence-corrected chi connectivity index (χ2v) is 3.44. The van der Waals surface area contributed by atoms with Gasteiger partial charge in [0.05, 0.1) is 0 Å². The number of aromatic hydroxyl groups is 2. The van der Waals surface area contributed by atoms with Crippen molar-refractivity contribution in [1.29, 1.82) is 0 Å². The van der Waals surface area contributed by atoms with Crippen LogP contribution in [0.4, 0.5) is 4.48 Å². The van der Waals surface area contributed by atoms with Gasteiger partial charge in [0.25, 0.3) is 0 Å². The van der Waals surface area contributed by atoms with E-state index in [1.165, 1.54) is 12.1 Å². The van der Waals surface area contributed by atoms with Crippen LogP contribution in [0.1, 0.15) is 5.56 Å². The Balaban J connectivity index is 2.97. The first-order valence-electron chi connectivity index (χ1n) is 4.56. The van der Waals surface area contributed by atoms with Gasteiger partial charge in [-0.3, -0.25) is 4.79 Å². The van der Waals surface area contributed by atoms with Crippen molar-refractivity contribution in [1.82, 2.24) is 5.54 Å². The van der Waals surface area contributed by atoms with Crippen molar-refractivity contribution in [3.63, 3.8) is 0 Å². The lowest BCUT2D eigenvalue weighted by atomic mass is 9.91. The van der Waals surface area contributed by atoms with E-state index in [9.17, 15) is 19.5 Å². The fraction of sp³-hybridized carbons (Fsp3) is 0.222. The van der Waals surface area contributed by atoms with Crippen molar-refractivity contribution in [3.8, 4) is 11.5 Å². The Morgan fingerprint density at radius 3 is 2.56 bits per heavy atom. The molecule has 86 valence electrons. The molecule has 5 nitrogen and oxygen atoms in total. The van der Waals surface area contributed by atoms with E-state index in [0.717, 1.165) is 5.54 Å². The van der Waals surface area contributed by atoms with Gasteiger partial charge in [0.1, 0.15) is 13.9 Å². The van der Waals surface area contributed by atoms with Gasteiger partial charge in [0.15, 0.2) is 11.5 Å². The zero-order valence-electron chi connectivity index (χ0n) is 8.57. The molecule has 0 fully saturated rings. The molecule has 0 aliphatic carbocycles. The van der Waals surface area contributed by atoms with Crippen molar-refractivity contribution in [2.45, 2.75) is 12.5 Å². The van der Waals surface area contributed by atoms with Gasteiger partial charge >= 0.3 is 5.97 Å². The van der Waals surface area contributed by atoms with Crippen molar-refractivity contribution >= 4 is 19.3 Å². The Bertz CT molecular complexity index is 413. The molecule has 1 unspecified atom stereocenters. The molecule has 0 aliphatic heterocycles. The second-order valence-electron chi connectivity index (χ2n) is 3.44. The normalized spacial score (nSPS) is 12.3. The maximum absolute atomic E-state index is 12.1. The highest BCUT2D eigenvalue weighted by Crippen LogP contribution is 2.27. The lowest BCUT2D eigenvalue weighted by molar-refractivity contribution is -0.140. The number of aliphatic carboxylic acids is 1. The first kappa shape index (κ1) is 12.3. The van der Waals surface area contributed by atoms with Crippen LogP contribution in [-0.4, -0.2) is 35.2 Å². The van der Waals surface area contributed by atoms with E-state index in [4.69, 9.17) is 5.11 Å². The summed E-state index contributed by atoms with van der Waals surface area (Å²) in [7, 11) is 1.58. The standard InChI is InChI=1S/C9H11BFNO4/c10-5-2-1-4(7(13)8(5)14)3-6(12-11)9(15)16/h1-2,6,12-14H,3,10H2,(H,15,16). The van der Waals surface area contributed by atoms with Crippen LogP contribution in [0.5, 0.6) is 11.5 Å². The van der Waals surface area contributed by atoms with E-state index in [-0.39, 0.29) is 17.7 Å². The molecule has 1 aromatic carbocycles. The fourth-order valence-electron chi connectivity index (χ4n) is 1.28. The molecule has 0 radical (unpaired) electrons. The van der Waals surface area contributed by atoms with Crippen LogP contribution < -0.4 is 11.0 Å². The molecule has 16 heavy (non-hydrogen) atoms. The fourth-order valence-corrected chi connectivity index (χ4v) is 1.28. The Hall–Kier alpha value is -1.76. The average Bonchev–Trinajstić information content (AvgIpc) is 2.25. The molecule has 0 aliphatic rings. The molecule has 0 amide bonds. The number of halogens is 1. The van der Waals surface area contributed by atoms with Gasteiger partial charge in [0.2, 0.25) is 0 Å². The van der Waals surface area contributed by atoms with Crippen LogP contribution >= 0.6 is 0 Å². The third-order valence-electron chi connectivity index (χ3n) is 2.29. The highest BCUT2D eigenvalue weighted by molar-refractivity contribution is 6.34.